The van der Waals surface area contributed by atoms with E-state index in [0.717, 1.165) is 24.1 Å². The van der Waals surface area contributed by atoms with E-state index in [9.17, 15) is 26.3 Å². The second kappa shape index (κ2) is 9.48. The lowest BCUT2D eigenvalue weighted by Crippen LogP contribution is -2.37. The Morgan fingerprint density at radius 1 is 0.971 bits per heavy atom. The molecule has 1 fully saturated rings. The normalized spacial score (nSPS) is 18.7. The first-order valence-electron chi connectivity index (χ1n) is 11.0. The van der Waals surface area contributed by atoms with Crippen LogP contribution in [0.5, 0.6) is 0 Å². The fourth-order valence-electron chi connectivity index (χ4n) is 4.21. The van der Waals surface area contributed by atoms with Crippen LogP contribution in [-0.4, -0.2) is 38.4 Å². The van der Waals surface area contributed by atoms with Gasteiger partial charge >= 0.3 is 12.4 Å². The highest BCUT2D eigenvalue weighted by Crippen LogP contribution is 2.37. The number of anilines is 1. The molecule has 0 spiro atoms. The molecule has 1 saturated heterocycles. The lowest BCUT2D eigenvalue weighted by molar-refractivity contribution is -0.143. The second-order valence-corrected chi connectivity index (χ2v) is 8.62. The minimum atomic E-state index is -4.91. The molecule has 1 aliphatic heterocycles. The van der Waals surface area contributed by atoms with E-state index in [1.165, 1.54) is 0 Å². The fourth-order valence-corrected chi connectivity index (χ4v) is 4.21. The number of benzene rings is 1. The van der Waals surface area contributed by atoms with Crippen molar-refractivity contribution in [2.24, 2.45) is 7.05 Å². The third-order valence-electron chi connectivity index (χ3n) is 6.07. The van der Waals surface area contributed by atoms with Gasteiger partial charge in [0.1, 0.15) is 0 Å². The number of nitrogens with one attached hydrogen (secondary N) is 1. The van der Waals surface area contributed by atoms with Crippen LogP contribution in [0.1, 0.15) is 36.5 Å². The topological polar surface area (TPSA) is 58.9 Å². The number of alkyl halides is 6. The third-order valence-corrected chi connectivity index (χ3v) is 6.07. The van der Waals surface area contributed by atoms with E-state index in [4.69, 9.17) is 0 Å². The van der Waals surface area contributed by atoms with E-state index < -0.39 is 23.5 Å². The van der Waals surface area contributed by atoms with E-state index in [0.29, 0.717) is 18.5 Å². The molecule has 0 amide bonds. The van der Waals surface area contributed by atoms with Gasteiger partial charge in [0, 0.05) is 61.9 Å². The summed E-state index contributed by atoms with van der Waals surface area (Å²) >= 11 is 0. The monoisotopic (exact) mass is 498 g/mol. The van der Waals surface area contributed by atoms with Gasteiger partial charge in [-0.25, -0.2) is 9.97 Å². The SMILES string of the molecule is CCC1C[C@H](N(Cc2cc(C(F)(F)F)cc(C(F)(F)F)c2)c2ncc(-c3cnn(C)c3)cn2)CN1. The van der Waals surface area contributed by atoms with E-state index in [2.05, 4.69) is 20.4 Å². The Bertz CT molecular complexity index is 1120. The van der Waals surface area contributed by atoms with Crippen LogP contribution in [0.15, 0.2) is 43.0 Å². The van der Waals surface area contributed by atoms with E-state index in [1.807, 2.05) is 6.92 Å². The molecule has 3 heterocycles. The van der Waals surface area contributed by atoms with Gasteiger partial charge in [-0.2, -0.15) is 31.4 Å². The standard InChI is InChI=1S/C23H24F6N6/c1-3-19-7-20(11-30-19)35(21-31-8-15(9-32-21)16-10-33-34(2)13-16)12-14-4-17(22(24,25)26)6-18(5-14)23(27,28)29/h4-6,8-10,13,19-20,30H,3,7,11-12H2,1-2H3/t19?,20-/m0/s1. The first kappa shape index (κ1) is 25.0. The number of hydrogen-bond donors (Lipinski definition) is 1. The zero-order chi connectivity index (χ0) is 25.4. The molecule has 4 rings (SSSR count). The molecule has 2 atom stereocenters. The van der Waals surface area contributed by atoms with Crippen LogP contribution >= 0.6 is 0 Å². The van der Waals surface area contributed by atoms with Crippen LogP contribution in [0.2, 0.25) is 0 Å². The molecule has 1 unspecified atom stereocenters. The van der Waals surface area contributed by atoms with Gasteiger partial charge in [0.25, 0.3) is 0 Å². The van der Waals surface area contributed by atoms with Crippen LogP contribution in [0.3, 0.4) is 0 Å². The molecule has 35 heavy (non-hydrogen) atoms. The summed E-state index contributed by atoms with van der Waals surface area (Å²) in [5.41, 5.74) is -1.33. The van der Waals surface area contributed by atoms with Gasteiger partial charge in [0.15, 0.2) is 0 Å². The average molecular weight is 498 g/mol. The van der Waals surface area contributed by atoms with Gasteiger partial charge < -0.3 is 10.2 Å². The summed E-state index contributed by atoms with van der Waals surface area (Å²) in [4.78, 5) is 10.5. The molecular weight excluding hydrogens is 474 g/mol. The fraction of sp³-hybridized carbons (Fsp3) is 0.435. The Morgan fingerprint density at radius 3 is 2.09 bits per heavy atom. The largest absolute Gasteiger partial charge is 0.416 e. The molecule has 1 aromatic carbocycles. The zero-order valence-corrected chi connectivity index (χ0v) is 19.0. The van der Waals surface area contributed by atoms with Crippen molar-refractivity contribution in [1.29, 1.82) is 0 Å². The van der Waals surface area contributed by atoms with Gasteiger partial charge in [-0.05, 0) is 36.6 Å². The Morgan fingerprint density at radius 2 is 1.60 bits per heavy atom. The molecule has 0 aliphatic carbocycles. The van der Waals surface area contributed by atoms with Crippen LogP contribution < -0.4 is 10.2 Å². The van der Waals surface area contributed by atoms with Crippen molar-refractivity contribution < 1.29 is 26.3 Å². The van der Waals surface area contributed by atoms with Crippen LogP contribution in [-0.2, 0) is 25.9 Å². The highest BCUT2D eigenvalue weighted by molar-refractivity contribution is 5.60. The molecule has 6 nitrogen and oxygen atoms in total. The van der Waals surface area contributed by atoms with Crippen molar-refractivity contribution in [2.75, 3.05) is 11.4 Å². The molecule has 12 heteroatoms. The number of aryl methyl sites for hydroxylation is 1. The summed E-state index contributed by atoms with van der Waals surface area (Å²) in [6, 6.07) is 1.63. The summed E-state index contributed by atoms with van der Waals surface area (Å²) in [5.74, 6) is 0.229. The Kier molecular flexibility index (Phi) is 6.76. The van der Waals surface area contributed by atoms with Gasteiger partial charge in [-0.1, -0.05) is 6.92 Å². The van der Waals surface area contributed by atoms with Crippen molar-refractivity contribution in [3.05, 3.63) is 59.7 Å². The lowest BCUT2D eigenvalue weighted by Gasteiger charge is -2.29. The number of halogens is 6. The summed E-state index contributed by atoms with van der Waals surface area (Å²) in [7, 11) is 1.77. The zero-order valence-electron chi connectivity index (χ0n) is 19.0. The maximum Gasteiger partial charge on any atom is 0.416 e. The first-order chi connectivity index (χ1) is 16.4. The lowest BCUT2D eigenvalue weighted by atomic mass is 10.0. The van der Waals surface area contributed by atoms with Crippen molar-refractivity contribution in [3.63, 3.8) is 0 Å². The van der Waals surface area contributed by atoms with Crippen LogP contribution in [0.4, 0.5) is 32.3 Å². The minimum absolute atomic E-state index is 0.118. The molecule has 2 aromatic heterocycles. The summed E-state index contributed by atoms with van der Waals surface area (Å²) in [6.07, 6.45) is -1.76. The quantitative estimate of drug-likeness (QED) is 0.482. The Labute approximate surface area is 198 Å². The molecule has 1 aliphatic rings. The summed E-state index contributed by atoms with van der Waals surface area (Å²) in [6.45, 7) is 2.31. The minimum Gasteiger partial charge on any atom is -0.332 e. The van der Waals surface area contributed by atoms with Crippen molar-refractivity contribution in [3.8, 4) is 11.1 Å². The molecule has 3 aromatic rings. The Hall–Kier alpha value is -3.15. The maximum absolute atomic E-state index is 13.4. The smallest absolute Gasteiger partial charge is 0.332 e. The highest BCUT2D eigenvalue weighted by atomic mass is 19.4. The van der Waals surface area contributed by atoms with Crippen LogP contribution in [0.25, 0.3) is 11.1 Å². The molecular formula is C23H24F6N6. The van der Waals surface area contributed by atoms with Crippen LogP contribution in [0, 0.1) is 0 Å². The second-order valence-electron chi connectivity index (χ2n) is 8.62. The Balaban J connectivity index is 1.70. The molecule has 0 radical (unpaired) electrons. The number of hydrogen-bond acceptors (Lipinski definition) is 5. The third kappa shape index (κ3) is 5.75. The summed E-state index contributed by atoms with van der Waals surface area (Å²) < 4.78 is 81.9. The van der Waals surface area contributed by atoms with E-state index in [1.54, 1.807) is 41.4 Å². The van der Waals surface area contributed by atoms with Crippen molar-refractivity contribution >= 4 is 5.95 Å². The molecule has 0 saturated carbocycles. The average Bonchev–Trinajstić information content (AvgIpc) is 3.45. The van der Waals surface area contributed by atoms with Crippen molar-refractivity contribution in [2.45, 2.75) is 50.7 Å². The summed E-state index contributed by atoms with van der Waals surface area (Å²) in [5, 5.41) is 7.44. The predicted molar refractivity (Wildman–Crippen MR) is 117 cm³/mol. The van der Waals surface area contributed by atoms with Gasteiger partial charge in [0.2, 0.25) is 5.95 Å². The van der Waals surface area contributed by atoms with E-state index in [-0.39, 0.29) is 36.2 Å². The molecule has 188 valence electrons. The number of rotatable bonds is 6. The predicted octanol–water partition coefficient (Wildman–Crippen LogP) is 5.06. The first-order valence-corrected chi connectivity index (χ1v) is 11.0. The van der Waals surface area contributed by atoms with Gasteiger partial charge in [0.05, 0.1) is 17.3 Å². The van der Waals surface area contributed by atoms with Crippen molar-refractivity contribution in [1.82, 2.24) is 25.1 Å². The maximum atomic E-state index is 13.4. The highest BCUT2D eigenvalue weighted by Gasteiger charge is 2.37. The molecule has 1 N–H and O–H groups in total. The van der Waals surface area contributed by atoms with E-state index >= 15 is 0 Å². The molecule has 0 bridgehead atoms. The van der Waals surface area contributed by atoms with Gasteiger partial charge in [-0.3, -0.25) is 4.68 Å². The number of nitrogens with zero attached hydrogens (tertiary/aromatic N) is 5. The van der Waals surface area contributed by atoms with Gasteiger partial charge in [-0.15, -0.1) is 0 Å². The number of aromatic nitrogens is 4.